The Balaban J connectivity index is 1.04. The highest BCUT2D eigenvalue weighted by Crippen LogP contribution is 2.46. The van der Waals surface area contributed by atoms with E-state index in [-0.39, 0.29) is 34.9 Å². The van der Waals surface area contributed by atoms with E-state index in [2.05, 4.69) is 52.0 Å². The molecule has 2 aromatic carbocycles. The van der Waals surface area contributed by atoms with Crippen LogP contribution in [0.4, 0.5) is 4.39 Å². The molecule has 5 atom stereocenters. The molecule has 2 bridgehead atoms. The Kier molecular flexibility index (Phi) is 7.52. The van der Waals surface area contributed by atoms with Crippen LogP contribution >= 0.6 is 0 Å². The highest BCUT2D eigenvalue weighted by atomic mass is 19.1. The van der Waals surface area contributed by atoms with Gasteiger partial charge in [0.1, 0.15) is 11.6 Å². The van der Waals surface area contributed by atoms with Crippen molar-refractivity contribution < 1.29 is 14.0 Å². The Morgan fingerprint density at radius 3 is 2.44 bits per heavy atom. The van der Waals surface area contributed by atoms with Crippen molar-refractivity contribution in [2.45, 2.75) is 88.8 Å². The number of likely N-dealkylation sites (tertiary alicyclic amines) is 1. The molecule has 2 amide bonds. The van der Waals surface area contributed by atoms with E-state index in [4.69, 9.17) is 4.98 Å². The highest BCUT2D eigenvalue weighted by Gasteiger charge is 2.51. The monoisotopic (exact) mass is 585 g/mol. The first kappa shape index (κ1) is 28.5. The van der Waals surface area contributed by atoms with Crippen molar-refractivity contribution in [2.75, 3.05) is 26.2 Å². The molecule has 43 heavy (non-hydrogen) atoms. The van der Waals surface area contributed by atoms with E-state index in [0.717, 1.165) is 55.6 Å². The standard InChI is InChI=1S/C35H44FN5O2/c1-3-37-33(42)29-22-30(29)34(43)39-16-13-35(14-17-39,24-7-6-8-25(36)19-24)15-18-40-26-11-12-27(40)21-28(20-26)41-23(2)38-31-9-4-5-10-32(31)41/h4-10,19,26-30H,3,11-18,20-22H2,1-2H3,(H,37,42)/t26-,27+,28?,29?,30?. The average molecular weight is 586 g/mol. The maximum absolute atomic E-state index is 14.5. The maximum atomic E-state index is 14.5. The number of nitrogens with zero attached hydrogens (tertiary/aromatic N) is 4. The number of carbonyl (C=O) groups is 2. The van der Waals surface area contributed by atoms with E-state index in [9.17, 15) is 14.0 Å². The maximum Gasteiger partial charge on any atom is 0.226 e. The van der Waals surface area contributed by atoms with Gasteiger partial charge in [0, 0.05) is 37.8 Å². The largest absolute Gasteiger partial charge is 0.356 e. The second-order valence-electron chi connectivity index (χ2n) is 13.5. The van der Waals surface area contributed by atoms with Crippen molar-refractivity contribution in [3.05, 3.63) is 65.7 Å². The van der Waals surface area contributed by atoms with Crippen LogP contribution in [0.3, 0.4) is 0 Å². The number of aromatic nitrogens is 2. The quantitative estimate of drug-likeness (QED) is 0.386. The lowest BCUT2D eigenvalue weighted by Crippen LogP contribution is -2.49. The normalized spacial score (nSPS) is 28.3. The Hall–Kier alpha value is -3.26. The van der Waals surface area contributed by atoms with Crippen LogP contribution in [0, 0.1) is 24.6 Å². The number of halogens is 1. The zero-order valence-electron chi connectivity index (χ0n) is 25.5. The van der Waals surface area contributed by atoms with E-state index in [1.54, 1.807) is 6.07 Å². The van der Waals surface area contributed by atoms with Crippen LogP contribution < -0.4 is 5.32 Å². The first-order chi connectivity index (χ1) is 20.9. The summed E-state index contributed by atoms with van der Waals surface area (Å²) < 4.78 is 17.0. The van der Waals surface area contributed by atoms with Gasteiger partial charge in [-0.15, -0.1) is 0 Å². The third-order valence-electron chi connectivity index (χ3n) is 11.1. The first-order valence-corrected chi connectivity index (χ1v) is 16.4. The molecule has 4 heterocycles. The summed E-state index contributed by atoms with van der Waals surface area (Å²) in [5.41, 5.74) is 3.23. The van der Waals surface area contributed by atoms with Crippen LogP contribution in [-0.4, -0.2) is 69.4 Å². The summed E-state index contributed by atoms with van der Waals surface area (Å²) in [5, 5.41) is 2.86. The van der Waals surface area contributed by atoms with Crippen LogP contribution in [0.25, 0.3) is 11.0 Å². The Bertz CT molecular complexity index is 1500. The molecule has 0 radical (unpaired) electrons. The summed E-state index contributed by atoms with van der Waals surface area (Å²) in [7, 11) is 0. The van der Waals surface area contributed by atoms with Crippen LogP contribution in [0.15, 0.2) is 48.5 Å². The average Bonchev–Trinajstić information content (AvgIpc) is 3.69. The number of hydrogen-bond donors (Lipinski definition) is 1. The van der Waals surface area contributed by atoms with E-state index in [0.29, 0.717) is 44.2 Å². The lowest BCUT2D eigenvalue weighted by molar-refractivity contribution is -0.136. The van der Waals surface area contributed by atoms with Gasteiger partial charge in [-0.05, 0) is 107 Å². The molecule has 1 N–H and O–H groups in total. The van der Waals surface area contributed by atoms with Gasteiger partial charge in [0.2, 0.25) is 11.8 Å². The van der Waals surface area contributed by atoms with Gasteiger partial charge in [-0.2, -0.15) is 0 Å². The lowest BCUT2D eigenvalue weighted by Gasteiger charge is -2.45. The number of aryl methyl sites for hydroxylation is 1. The number of amides is 2. The molecule has 3 unspecified atom stereocenters. The zero-order valence-corrected chi connectivity index (χ0v) is 25.5. The summed E-state index contributed by atoms with van der Waals surface area (Å²) in [4.78, 5) is 35.1. The minimum atomic E-state index is -0.193. The SMILES string of the molecule is CCNC(=O)C1CC1C(=O)N1CCC(CCN2[C@@H]3CC[C@H]2CC(n2c(C)nc4ccccc42)C3)(c2cccc(F)c2)CC1. The minimum Gasteiger partial charge on any atom is -0.356 e. The molecule has 1 aliphatic carbocycles. The summed E-state index contributed by atoms with van der Waals surface area (Å²) in [6.07, 6.45) is 8.02. The van der Waals surface area contributed by atoms with E-state index in [1.807, 2.05) is 17.9 Å². The smallest absolute Gasteiger partial charge is 0.226 e. The summed E-state index contributed by atoms with van der Waals surface area (Å²) >= 11 is 0. The van der Waals surface area contributed by atoms with E-state index in [1.165, 1.54) is 24.4 Å². The van der Waals surface area contributed by atoms with Crippen molar-refractivity contribution >= 4 is 22.8 Å². The fourth-order valence-corrected chi connectivity index (χ4v) is 8.74. The molecule has 1 aromatic heterocycles. The van der Waals surface area contributed by atoms with Gasteiger partial charge >= 0.3 is 0 Å². The molecular formula is C35H44FN5O2. The fraction of sp³-hybridized carbons (Fsp3) is 0.571. The topological polar surface area (TPSA) is 70.5 Å². The summed E-state index contributed by atoms with van der Waals surface area (Å²) in [6.45, 7) is 6.96. The van der Waals surface area contributed by atoms with Crippen LogP contribution in [0.1, 0.15) is 75.7 Å². The van der Waals surface area contributed by atoms with E-state index >= 15 is 0 Å². The molecule has 0 spiro atoms. The third kappa shape index (κ3) is 5.26. The number of imidazole rings is 1. The second-order valence-corrected chi connectivity index (χ2v) is 13.5. The van der Waals surface area contributed by atoms with Crippen molar-refractivity contribution in [3.8, 4) is 0 Å². The zero-order chi connectivity index (χ0) is 29.7. The number of carbonyl (C=O) groups excluding carboxylic acids is 2. The van der Waals surface area contributed by atoms with Gasteiger partial charge < -0.3 is 14.8 Å². The van der Waals surface area contributed by atoms with Gasteiger partial charge in [0.05, 0.1) is 22.9 Å². The van der Waals surface area contributed by atoms with E-state index < -0.39 is 0 Å². The molecule has 4 aliphatic rings. The van der Waals surface area contributed by atoms with Crippen molar-refractivity contribution in [3.63, 3.8) is 0 Å². The number of rotatable bonds is 8. The molecule has 7 nitrogen and oxygen atoms in total. The third-order valence-corrected chi connectivity index (χ3v) is 11.1. The minimum absolute atomic E-state index is 0.00162. The van der Waals surface area contributed by atoms with Gasteiger partial charge in [-0.25, -0.2) is 9.37 Å². The predicted octanol–water partition coefficient (Wildman–Crippen LogP) is 5.37. The Labute approximate surface area is 253 Å². The number of benzene rings is 2. The van der Waals surface area contributed by atoms with Crippen molar-refractivity contribution in [1.82, 2.24) is 24.7 Å². The second kappa shape index (κ2) is 11.3. The number of hydrogen-bond acceptors (Lipinski definition) is 4. The van der Waals surface area contributed by atoms with Crippen LogP contribution in [0.5, 0.6) is 0 Å². The Morgan fingerprint density at radius 1 is 0.977 bits per heavy atom. The summed E-state index contributed by atoms with van der Waals surface area (Å²) in [6, 6.07) is 17.2. The summed E-state index contributed by atoms with van der Waals surface area (Å²) in [5.74, 6) is 0.676. The molecule has 3 aliphatic heterocycles. The predicted molar refractivity (Wildman–Crippen MR) is 165 cm³/mol. The molecule has 4 fully saturated rings. The van der Waals surface area contributed by atoms with Crippen molar-refractivity contribution in [2.24, 2.45) is 11.8 Å². The molecule has 3 aromatic rings. The Morgan fingerprint density at radius 2 is 1.72 bits per heavy atom. The van der Waals surface area contributed by atoms with Crippen LogP contribution in [0.2, 0.25) is 0 Å². The fourth-order valence-electron chi connectivity index (χ4n) is 8.74. The van der Waals surface area contributed by atoms with Gasteiger partial charge in [0.25, 0.3) is 0 Å². The van der Waals surface area contributed by atoms with Gasteiger partial charge in [-0.1, -0.05) is 24.3 Å². The van der Waals surface area contributed by atoms with Gasteiger partial charge in [0.15, 0.2) is 0 Å². The molecule has 1 saturated carbocycles. The number of fused-ring (bicyclic) bond motifs is 3. The number of para-hydroxylation sites is 2. The first-order valence-electron chi connectivity index (χ1n) is 16.4. The van der Waals surface area contributed by atoms with Crippen molar-refractivity contribution in [1.29, 1.82) is 0 Å². The lowest BCUT2D eigenvalue weighted by atomic mass is 9.70. The highest BCUT2D eigenvalue weighted by molar-refractivity contribution is 5.92. The van der Waals surface area contributed by atoms with Crippen LogP contribution in [-0.2, 0) is 15.0 Å². The molecule has 228 valence electrons. The number of nitrogens with one attached hydrogen (secondary N) is 1. The molecule has 8 heteroatoms. The molecule has 7 rings (SSSR count). The molecule has 3 saturated heterocycles. The number of piperidine rings is 2. The van der Waals surface area contributed by atoms with Gasteiger partial charge in [-0.3, -0.25) is 14.5 Å². The molecular weight excluding hydrogens is 541 g/mol.